The van der Waals surface area contributed by atoms with Crippen LogP contribution in [0.2, 0.25) is 0 Å². The Morgan fingerprint density at radius 3 is 2.92 bits per heavy atom. The number of aryl methyl sites for hydroxylation is 2. The molecule has 0 fully saturated rings. The van der Waals surface area contributed by atoms with Crippen LogP contribution in [0.3, 0.4) is 0 Å². The Morgan fingerprint density at radius 2 is 2.08 bits per heavy atom. The first-order chi connectivity index (χ1) is 11.5. The molecule has 2 aromatic carbocycles. The molecule has 1 heterocycles. The van der Waals surface area contributed by atoms with Gasteiger partial charge in [-0.3, -0.25) is 4.79 Å². The molecule has 1 aliphatic rings. The number of amides is 1. The van der Waals surface area contributed by atoms with E-state index in [9.17, 15) is 4.79 Å². The Morgan fingerprint density at radius 1 is 1.29 bits per heavy atom. The fraction of sp³-hybridized carbons (Fsp3) is 0.316. The van der Waals surface area contributed by atoms with Gasteiger partial charge in [0.2, 0.25) is 5.91 Å². The smallest absolute Gasteiger partial charge is 0.230 e. The third kappa shape index (κ3) is 3.95. The molecule has 1 unspecified atom stereocenters. The molecule has 0 radical (unpaired) electrons. The van der Waals surface area contributed by atoms with Gasteiger partial charge in [-0.05, 0) is 43.2 Å². The van der Waals surface area contributed by atoms with Crippen molar-refractivity contribution in [2.45, 2.75) is 31.2 Å². The number of thioether (sulfide) groups is 1. The summed E-state index contributed by atoms with van der Waals surface area (Å²) in [5, 5.41) is 3.14. The van der Waals surface area contributed by atoms with E-state index < -0.39 is 0 Å². The van der Waals surface area contributed by atoms with Crippen molar-refractivity contribution in [3.8, 4) is 5.75 Å². The maximum Gasteiger partial charge on any atom is 0.230 e. The molecular formula is C19H20BrNO2S. The van der Waals surface area contributed by atoms with Gasteiger partial charge in [-0.1, -0.05) is 34.1 Å². The number of para-hydroxylation sites is 1. The van der Waals surface area contributed by atoms with Gasteiger partial charge in [0.05, 0.1) is 18.4 Å². The van der Waals surface area contributed by atoms with Crippen LogP contribution < -0.4 is 10.1 Å². The Hall–Kier alpha value is -1.46. The molecule has 0 saturated heterocycles. The van der Waals surface area contributed by atoms with Crippen molar-refractivity contribution in [1.29, 1.82) is 0 Å². The van der Waals surface area contributed by atoms with Crippen LogP contribution >= 0.6 is 27.7 Å². The van der Waals surface area contributed by atoms with E-state index in [0.29, 0.717) is 12.4 Å². The van der Waals surface area contributed by atoms with E-state index in [1.807, 2.05) is 24.3 Å². The quantitative estimate of drug-likeness (QED) is 0.742. The van der Waals surface area contributed by atoms with Crippen LogP contribution in [0.5, 0.6) is 5.75 Å². The van der Waals surface area contributed by atoms with Crippen molar-refractivity contribution < 1.29 is 9.53 Å². The van der Waals surface area contributed by atoms with E-state index >= 15 is 0 Å². The fourth-order valence-corrected chi connectivity index (χ4v) is 4.16. The molecule has 2 aromatic rings. The van der Waals surface area contributed by atoms with Gasteiger partial charge >= 0.3 is 0 Å². The first-order valence-corrected chi connectivity index (χ1v) is 9.73. The summed E-state index contributed by atoms with van der Waals surface area (Å²) in [6, 6.07) is 12.2. The van der Waals surface area contributed by atoms with Gasteiger partial charge in [0.1, 0.15) is 5.75 Å². The number of halogens is 1. The van der Waals surface area contributed by atoms with Crippen molar-refractivity contribution in [1.82, 2.24) is 5.32 Å². The van der Waals surface area contributed by atoms with Crippen LogP contribution in [-0.4, -0.2) is 18.3 Å². The summed E-state index contributed by atoms with van der Waals surface area (Å²) in [4.78, 5) is 13.5. The molecule has 126 valence electrons. The highest BCUT2D eigenvalue weighted by atomic mass is 79.9. The van der Waals surface area contributed by atoms with E-state index in [1.165, 1.54) is 11.1 Å². The second-order valence-corrected chi connectivity index (χ2v) is 7.82. The van der Waals surface area contributed by atoms with Gasteiger partial charge in [-0.2, -0.15) is 0 Å². The average molecular weight is 406 g/mol. The highest BCUT2D eigenvalue weighted by Gasteiger charge is 2.22. The highest BCUT2D eigenvalue weighted by molar-refractivity contribution is 9.10. The first kappa shape index (κ1) is 17.4. The van der Waals surface area contributed by atoms with E-state index in [4.69, 9.17) is 4.74 Å². The normalized spacial score (nSPS) is 16.2. The zero-order chi connectivity index (χ0) is 17.1. The molecule has 1 N–H and O–H groups in total. The van der Waals surface area contributed by atoms with Crippen molar-refractivity contribution in [3.05, 3.63) is 57.6 Å². The predicted octanol–water partition coefficient (Wildman–Crippen LogP) is 4.80. The van der Waals surface area contributed by atoms with Crippen LogP contribution in [-0.2, 0) is 4.79 Å². The molecular weight excluding hydrogens is 386 g/mol. The Balaban J connectivity index is 1.62. The van der Waals surface area contributed by atoms with Gasteiger partial charge in [-0.25, -0.2) is 0 Å². The number of hydrogen-bond donors (Lipinski definition) is 1. The minimum atomic E-state index is 0.0378. The fourth-order valence-electron chi connectivity index (χ4n) is 2.78. The van der Waals surface area contributed by atoms with Crippen molar-refractivity contribution in [2.75, 3.05) is 12.4 Å². The lowest BCUT2D eigenvalue weighted by molar-refractivity contribution is -0.119. The minimum Gasteiger partial charge on any atom is -0.493 e. The summed E-state index contributed by atoms with van der Waals surface area (Å²) >= 11 is 5.12. The third-order valence-corrected chi connectivity index (χ3v) is 6.12. The number of ether oxygens (including phenoxy) is 1. The van der Waals surface area contributed by atoms with Crippen LogP contribution in [0.4, 0.5) is 0 Å². The molecule has 24 heavy (non-hydrogen) atoms. The van der Waals surface area contributed by atoms with Crippen LogP contribution in [0.1, 0.15) is 29.2 Å². The molecule has 0 aliphatic carbocycles. The van der Waals surface area contributed by atoms with Gasteiger partial charge in [0, 0.05) is 21.4 Å². The lowest BCUT2D eigenvalue weighted by atomic mass is 10.0. The van der Waals surface area contributed by atoms with E-state index in [0.717, 1.165) is 27.1 Å². The van der Waals surface area contributed by atoms with Crippen LogP contribution in [0.25, 0.3) is 0 Å². The summed E-state index contributed by atoms with van der Waals surface area (Å²) in [6.45, 7) is 4.77. The molecule has 1 aliphatic heterocycles. The number of rotatable bonds is 4. The molecule has 0 bridgehead atoms. The molecule has 0 saturated carbocycles. The van der Waals surface area contributed by atoms with E-state index in [1.54, 1.807) is 11.8 Å². The summed E-state index contributed by atoms with van der Waals surface area (Å²) in [5.74, 6) is 1.35. The molecule has 3 rings (SSSR count). The number of carbonyl (C=O) groups is 1. The second-order valence-electron chi connectivity index (χ2n) is 5.95. The number of carbonyl (C=O) groups excluding carboxylic acids is 1. The Labute approximate surface area is 155 Å². The standard InChI is InChI=1S/C19H20BrNO2S/c1-12-10-18(13(2)9-15(12)20)24-11-19(22)21-16-7-8-23-17-6-4-3-5-14(16)17/h3-6,9-10,16H,7-8,11H2,1-2H3,(H,21,22). The third-order valence-electron chi connectivity index (χ3n) is 4.11. The first-order valence-electron chi connectivity index (χ1n) is 7.95. The molecule has 0 spiro atoms. The van der Waals surface area contributed by atoms with Gasteiger partial charge < -0.3 is 10.1 Å². The lowest BCUT2D eigenvalue weighted by Crippen LogP contribution is -2.33. The SMILES string of the molecule is Cc1cc(SCC(=O)NC2CCOc3ccccc32)c(C)cc1Br. The van der Waals surface area contributed by atoms with Crippen LogP contribution in [0.15, 0.2) is 45.8 Å². The van der Waals surface area contributed by atoms with E-state index in [-0.39, 0.29) is 11.9 Å². The monoisotopic (exact) mass is 405 g/mol. The van der Waals surface area contributed by atoms with Crippen LogP contribution in [0, 0.1) is 13.8 Å². The largest absolute Gasteiger partial charge is 0.493 e. The van der Waals surface area contributed by atoms with Gasteiger partial charge in [0.25, 0.3) is 0 Å². The summed E-state index contributed by atoms with van der Waals surface area (Å²) in [5.41, 5.74) is 3.43. The topological polar surface area (TPSA) is 38.3 Å². The summed E-state index contributed by atoms with van der Waals surface area (Å²) in [6.07, 6.45) is 0.809. The molecule has 1 atom stereocenters. The van der Waals surface area contributed by atoms with Gasteiger partial charge in [-0.15, -0.1) is 11.8 Å². The number of fused-ring (bicyclic) bond motifs is 1. The number of nitrogens with one attached hydrogen (secondary N) is 1. The zero-order valence-corrected chi connectivity index (χ0v) is 16.2. The molecule has 1 amide bonds. The van der Waals surface area contributed by atoms with Crippen molar-refractivity contribution in [3.63, 3.8) is 0 Å². The molecule has 5 heteroatoms. The predicted molar refractivity (Wildman–Crippen MR) is 102 cm³/mol. The highest BCUT2D eigenvalue weighted by Crippen LogP contribution is 2.32. The molecule has 3 nitrogen and oxygen atoms in total. The average Bonchev–Trinajstić information content (AvgIpc) is 2.57. The Kier molecular flexibility index (Phi) is 5.51. The van der Waals surface area contributed by atoms with E-state index in [2.05, 4.69) is 47.2 Å². The summed E-state index contributed by atoms with van der Waals surface area (Å²) in [7, 11) is 0. The number of hydrogen-bond acceptors (Lipinski definition) is 3. The molecule has 0 aromatic heterocycles. The van der Waals surface area contributed by atoms with Gasteiger partial charge in [0.15, 0.2) is 0 Å². The minimum absolute atomic E-state index is 0.0378. The lowest BCUT2D eigenvalue weighted by Gasteiger charge is -2.26. The number of benzene rings is 2. The van der Waals surface area contributed by atoms with Crippen molar-refractivity contribution >= 4 is 33.6 Å². The zero-order valence-electron chi connectivity index (χ0n) is 13.8. The maximum atomic E-state index is 12.4. The second kappa shape index (κ2) is 7.62. The maximum absolute atomic E-state index is 12.4. The summed E-state index contributed by atoms with van der Waals surface area (Å²) < 4.78 is 6.75. The van der Waals surface area contributed by atoms with Crippen molar-refractivity contribution in [2.24, 2.45) is 0 Å². The Bertz CT molecular complexity index is 763.